The Labute approximate surface area is 193 Å². The first-order valence-corrected chi connectivity index (χ1v) is 11.2. The number of halogens is 2. The van der Waals surface area contributed by atoms with Crippen LogP contribution in [-0.2, 0) is 39.2 Å². The molecule has 3 rings (SSSR count). The van der Waals surface area contributed by atoms with Gasteiger partial charge < -0.3 is 14.0 Å². The summed E-state index contributed by atoms with van der Waals surface area (Å²) in [6.45, 7) is 1.95. The van der Waals surface area contributed by atoms with E-state index in [-0.39, 0.29) is 12.4 Å². The fourth-order valence-electron chi connectivity index (χ4n) is 3.96. The molecule has 7 nitrogen and oxygen atoms in total. The van der Waals surface area contributed by atoms with Crippen molar-refractivity contribution < 1.29 is 19.1 Å². The van der Waals surface area contributed by atoms with Gasteiger partial charge in [0.2, 0.25) is 0 Å². The number of esters is 2. The lowest BCUT2D eigenvalue weighted by atomic mass is 9.98. The molecule has 0 N–H and O–H groups in total. The molecule has 0 amide bonds. The summed E-state index contributed by atoms with van der Waals surface area (Å²) < 4.78 is 14.2. The Morgan fingerprint density at radius 2 is 1.87 bits per heavy atom. The number of aromatic nitrogens is 3. The van der Waals surface area contributed by atoms with Crippen molar-refractivity contribution in [1.29, 1.82) is 0 Å². The predicted octanol–water partition coefficient (Wildman–Crippen LogP) is 4.37. The van der Waals surface area contributed by atoms with Gasteiger partial charge in [0.05, 0.1) is 36.1 Å². The molecule has 0 saturated carbocycles. The van der Waals surface area contributed by atoms with Gasteiger partial charge in [0.1, 0.15) is 5.69 Å². The number of fused-ring (bicyclic) bond motifs is 1. The number of aryl methyl sites for hydroxylation is 4. The third-order valence-corrected chi connectivity index (χ3v) is 6.35. The van der Waals surface area contributed by atoms with Gasteiger partial charge in [-0.1, -0.05) is 40.3 Å². The molecule has 160 valence electrons. The van der Waals surface area contributed by atoms with Crippen LogP contribution in [0.3, 0.4) is 0 Å². The molecule has 0 atom stereocenters. The van der Waals surface area contributed by atoms with Crippen molar-refractivity contribution >= 4 is 57.0 Å². The maximum atomic E-state index is 12.7. The lowest BCUT2D eigenvalue weighted by Crippen LogP contribution is -2.11. The molecule has 9 heteroatoms. The number of hydrogen-bond donors (Lipinski definition) is 0. The van der Waals surface area contributed by atoms with E-state index < -0.39 is 5.97 Å². The molecule has 0 bridgehead atoms. The van der Waals surface area contributed by atoms with Crippen LogP contribution in [0.4, 0.5) is 0 Å². The second-order valence-electron chi connectivity index (χ2n) is 6.94. The van der Waals surface area contributed by atoms with E-state index in [2.05, 4.69) is 27.7 Å². The first-order chi connectivity index (χ1) is 14.3. The number of rotatable bonds is 6. The molecule has 0 saturated heterocycles. The first-order valence-electron chi connectivity index (χ1n) is 9.30. The molecule has 0 radical (unpaired) electrons. The minimum atomic E-state index is -0.465. The summed E-state index contributed by atoms with van der Waals surface area (Å²) in [5.74, 6) is -0.806. The molecule has 3 aromatic rings. The number of methoxy groups -OCH3 is 2. The van der Waals surface area contributed by atoms with E-state index in [0.717, 1.165) is 43.4 Å². The predicted molar refractivity (Wildman–Crippen MR) is 124 cm³/mol. The second kappa shape index (κ2) is 8.97. The third-order valence-electron chi connectivity index (χ3n) is 5.31. The molecular weight excluding hydrogens is 521 g/mol. The van der Waals surface area contributed by atoms with Crippen molar-refractivity contribution in [2.75, 3.05) is 14.2 Å². The molecule has 0 spiro atoms. The number of benzene rings is 1. The second-order valence-corrected chi connectivity index (χ2v) is 8.11. The molecule has 2 heterocycles. The van der Waals surface area contributed by atoms with E-state index >= 15 is 0 Å². The fraction of sp³-hybridized carbons (Fsp3) is 0.381. The topological polar surface area (TPSA) is 75.4 Å². The lowest BCUT2D eigenvalue weighted by molar-refractivity contribution is -0.140. The van der Waals surface area contributed by atoms with Crippen molar-refractivity contribution in [3.63, 3.8) is 0 Å². The Morgan fingerprint density at radius 1 is 1.17 bits per heavy atom. The first kappa shape index (κ1) is 22.6. The van der Waals surface area contributed by atoms with Crippen LogP contribution in [0.25, 0.3) is 22.0 Å². The highest BCUT2D eigenvalue weighted by Crippen LogP contribution is 2.42. The SMILES string of the molecule is COC(=O)CCc1c(C(=O)OC)n(C)c2c(-c3c(C)nn(C)c3CI)c(Cl)ccc12. The van der Waals surface area contributed by atoms with Crippen LogP contribution in [-0.4, -0.2) is 40.5 Å². The van der Waals surface area contributed by atoms with E-state index in [9.17, 15) is 9.59 Å². The maximum Gasteiger partial charge on any atom is 0.354 e. The van der Waals surface area contributed by atoms with Crippen LogP contribution in [0.2, 0.25) is 5.02 Å². The number of hydrogen-bond acceptors (Lipinski definition) is 5. The number of ether oxygens (including phenoxy) is 2. The Kier molecular flexibility index (Phi) is 6.76. The maximum absolute atomic E-state index is 12.7. The zero-order valence-corrected chi connectivity index (χ0v) is 20.4. The minimum absolute atomic E-state index is 0.155. The van der Waals surface area contributed by atoms with Crippen molar-refractivity contribution in [2.45, 2.75) is 24.2 Å². The molecule has 2 aromatic heterocycles. The van der Waals surface area contributed by atoms with E-state index in [1.165, 1.54) is 14.2 Å². The van der Waals surface area contributed by atoms with Crippen LogP contribution < -0.4 is 0 Å². The van der Waals surface area contributed by atoms with Gasteiger partial charge in [-0.05, 0) is 25.0 Å². The van der Waals surface area contributed by atoms with Crippen molar-refractivity contribution in [3.8, 4) is 11.1 Å². The van der Waals surface area contributed by atoms with Crippen molar-refractivity contribution in [2.24, 2.45) is 14.1 Å². The summed E-state index contributed by atoms with van der Waals surface area (Å²) in [6.07, 6.45) is 0.503. The quantitative estimate of drug-likeness (QED) is 0.262. The Bertz CT molecular complexity index is 1150. The average Bonchev–Trinajstić information content (AvgIpc) is 3.17. The molecular formula is C21H23ClIN3O4. The molecule has 30 heavy (non-hydrogen) atoms. The van der Waals surface area contributed by atoms with Crippen LogP contribution in [0.15, 0.2) is 12.1 Å². The highest BCUT2D eigenvalue weighted by molar-refractivity contribution is 14.1. The third kappa shape index (κ3) is 3.71. The zero-order valence-electron chi connectivity index (χ0n) is 17.5. The Balaban J connectivity index is 2.39. The van der Waals surface area contributed by atoms with Gasteiger partial charge in [-0.25, -0.2) is 4.79 Å². The smallest absolute Gasteiger partial charge is 0.354 e. The summed E-state index contributed by atoms with van der Waals surface area (Å²) in [7, 11) is 6.41. The van der Waals surface area contributed by atoms with Crippen LogP contribution >= 0.6 is 34.2 Å². The molecule has 0 aliphatic carbocycles. The summed E-state index contributed by atoms with van der Waals surface area (Å²) in [5.41, 5.74) is 5.63. The zero-order chi connectivity index (χ0) is 22.2. The largest absolute Gasteiger partial charge is 0.469 e. The van der Waals surface area contributed by atoms with Gasteiger partial charge in [0.15, 0.2) is 0 Å². The van der Waals surface area contributed by atoms with Crippen LogP contribution in [0, 0.1) is 6.92 Å². The van der Waals surface area contributed by atoms with Gasteiger partial charge >= 0.3 is 11.9 Å². The Hall–Kier alpha value is -2.07. The lowest BCUT2D eigenvalue weighted by Gasteiger charge is -2.11. The number of carbonyl (C=O) groups is 2. The van der Waals surface area contributed by atoms with E-state index in [1.807, 2.05) is 37.8 Å². The van der Waals surface area contributed by atoms with Gasteiger partial charge in [-0.2, -0.15) is 5.10 Å². The van der Waals surface area contributed by atoms with Gasteiger partial charge in [-0.3, -0.25) is 9.48 Å². The standard InChI is InChI=1S/C21H23ClIN3O4/c1-11-17(15(10-23)26(3)24-11)18-14(22)8-6-12-13(7-9-16(27)29-4)20(21(28)30-5)25(2)19(12)18/h6,8H,7,9-10H2,1-5H3. The van der Waals surface area contributed by atoms with Gasteiger partial charge in [0.25, 0.3) is 0 Å². The Morgan fingerprint density at radius 3 is 2.47 bits per heavy atom. The van der Waals surface area contributed by atoms with Gasteiger partial charge in [0, 0.05) is 41.5 Å². The highest BCUT2D eigenvalue weighted by atomic mass is 127. The normalized spacial score (nSPS) is 11.2. The van der Waals surface area contributed by atoms with E-state index in [0.29, 0.717) is 17.1 Å². The van der Waals surface area contributed by atoms with Crippen molar-refractivity contribution in [3.05, 3.63) is 39.8 Å². The molecule has 0 aliphatic heterocycles. The average molecular weight is 544 g/mol. The molecule has 0 aliphatic rings. The molecule has 0 unspecified atom stereocenters. The molecule has 1 aromatic carbocycles. The summed E-state index contributed by atoms with van der Waals surface area (Å²) >= 11 is 9.01. The summed E-state index contributed by atoms with van der Waals surface area (Å²) in [5, 5.41) is 6.00. The fourth-order valence-corrected chi connectivity index (χ4v) is 5.08. The number of alkyl halides is 1. The highest BCUT2D eigenvalue weighted by Gasteiger charge is 2.27. The van der Waals surface area contributed by atoms with Crippen LogP contribution in [0.5, 0.6) is 0 Å². The number of nitrogens with zero attached hydrogens (tertiary/aromatic N) is 3. The molecule has 0 fully saturated rings. The van der Waals surface area contributed by atoms with E-state index in [4.69, 9.17) is 21.1 Å². The summed E-state index contributed by atoms with van der Waals surface area (Å²) in [6, 6.07) is 3.71. The summed E-state index contributed by atoms with van der Waals surface area (Å²) in [4.78, 5) is 24.4. The van der Waals surface area contributed by atoms with Gasteiger partial charge in [-0.15, -0.1) is 0 Å². The van der Waals surface area contributed by atoms with Crippen molar-refractivity contribution in [1.82, 2.24) is 14.3 Å². The monoisotopic (exact) mass is 543 g/mol. The minimum Gasteiger partial charge on any atom is -0.469 e. The van der Waals surface area contributed by atoms with E-state index in [1.54, 1.807) is 4.57 Å². The number of carbonyl (C=O) groups excluding carboxylic acids is 2. The van der Waals surface area contributed by atoms with Crippen LogP contribution in [0.1, 0.15) is 33.9 Å².